The van der Waals surface area contributed by atoms with Crippen molar-refractivity contribution in [3.8, 4) is 0 Å². The average molecular weight is 211 g/mol. The van der Waals surface area contributed by atoms with Gasteiger partial charge in [-0.2, -0.15) is 0 Å². The van der Waals surface area contributed by atoms with Gasteiger partial charge in [-0.3, -0.25) is 10.1 Å². The van der Waals surface area contributed by atoms with E-state index in [0.717, 1.165) is 0 Å². The van der Waals surface area contributed by atoms with Crippen LogP contribution in [0.25, 0.3) is 0 Å². The van der Waals surface area contributed by atoms with Crippen LogP contribution in [-0.2, 0) is 14.3 Å². The first-order valence-electron chi connectivity index (χ1n) is 3.52. The van der Waals surface area contributed by atoms with Crippen molar-refractivity contribution >= 4 is 24.3 Å². The van der Waals surface area contributed by atoms with E-state index in [0.29, 0.717) is 0 Å². The van der Waals surface area contributed by atoms with E-state index in [9.17, 15) is 9.59 Å². The Morgan fingerprint density at radius 3 is 2.00 bits per heavy atom. The number of ether oxygens (including phenoxy) is 1. The van der Waals surface area contributed by atoms with Gasteiger partial charge in [-0.05, 0) is 14.0 Å². The van der Waals surface area contributed by atoms with Gasteiger partial charge in [0.05, 0.1) is 7.11 Å². The highest BCUT2D eigenvalue weighted by Gasteiger charge is 2.40. The first-order valence-corrected chi connectivity index (χ1v) is 3.52. The molecule has 78 valence electrons. The van der Waals surface area contributed by atoms with Crippen molar-refractivity contribution < 1.29 is 14.3 Å². The zero-order valence-corrected chi connectivity index (χ0v) is 8.95. The quantitative estimate of drug-likeness (QED) is 0.478. The van der Waals surface area contributed by atoms with Gasteiger partial charge in [0.25, 0.3) is 5.91 Å². The maximum atomic E-state index is 11.2. The number of methoxy groups -OCH3 is 1. The topological polar surface area (TPSA) is 67.4 Å². The number of halogens is 1. The largest absolute Gasteiger partial charge is 0.467 e. The van der Waals surface area contributed by atoms with E-state index in [1.807, 2.05) is 0 Å². The minimum absolute atomic E-state index is 0. The molecule has 2 N–H and O–H groups in total. The van der Waals surface area contributed by atoms with Crippen LogP contribution in [0.3, 0.4) is 0 Å². The molecular weight excluding hydrogens is 196 g/mol. The summed E-state index contributed by atoms with van der Waals surface area (Å²) in [6.07, 6.45) is 0. The molecule has 0 aliphatic carbocycles. The number of carbonyl (C=O) groups is 2. The molecule has 0 aliphatic rings. The normalized spacial score (nSPS) is 13.5. The third-order valence-corrected chi connectivity index (χ3v) is 1.77. The number of nitrogens with one attached hydrogen (secondary N) is 2. The van der Waals surface area contributed by atoms with Gasteiger partial charge in [-0.1, -0.05) is 0 Å². The maximum Gasteiger partial charge on any atom is 0.335 e. The highest BCUT2D eigenvalue weighted by atomic mass is 35.5. The van der Waals surface area contributed by atoms with Gasteiger partial charge in [0.15, 0.2) is 5.54 Å². The standard InChI is InChI=1S/C7H14N2O3.ClH/c1-7(9-3,5(10)8-2)6(11)12-4;/h9H,1-4H3,(H,8,10);1H/t7-;/m1./s1. The van der Waals surface area contributed by atoms with Crippen molar-refractivity contribution in [3.05, 3.63) is 0 Å². The van der Waals surface area contributed by atoms with Crippen LogP contribution in [0.5, 0.6) is 0 Å². The number of hydrogen-bond donors (Lipinski definition) is 2. The van der Waals surface area contributed by atoms with E-state index in [1.54, 1.807) is 0 Å². The van der Waals surface area contributed by atoms with Crippen molar-refractivity contribution in [2.24, 2.45) is 0 Å². The summed E-state index contributed by atoms with van der Waals surface area (Å²) in [6, 6.07) is 0. The fourth-order valence-corrected chi connectivity index (χ4v) is 0.762. The molecule has 0 heterocycles. The van der Waals surface area contributed by atoms with E-state index in [-0.39, 0.29) is 12.4 Å². The molecule has 0 aromatic carbocycles. The van der Waals surface area contributed by atoms with E-state index < -0.39 is 17.4 Å². The van der Waals surface area contributed by atoms with Crippen LogP contribution in [-0.4, -0.2) is 38.6 Å². The lowest BCUT2D eigenvalue weighted by Gasteiger charge is -2.23. The van der Waals surface area contributed by atoms with E-state index in [1.165, 1.54) is 28.1 Å². The number of rotatable bonds is 3. The molecule has 0 unspecified atom stereocenters. The van der Waals surface area contributed by atoms with Crippen LogP contribution in [0.1, 0.15) is 6.92 Å². The van der Waals surface area contributed by atoms with Crippen LogP contribution in [0.15, 0.2) is 0 Å². The van der Waals surface area contributed by atoms with Crippen LogP contribution >= 0.6 is 12.4 Å². The number of hydrogen-bond acceptors (Lipinski definition) is 4. The Morgan fingerprint density at radius 2 is 1.77 bits per heavy atom. The molecule has 0 bridgehead atoms. The van der Waals surface area contributed by atoms with Crippen LogP contribution in [0.4, 0.5) is 0 Å². The molecule has 0 aliphatic heterocycles. The zero-order valence-electron chi connectivity index (χ0n) is 8.13. The smallest absolute Gasteiger partial charge is 0.335 e. The second-order valence-corrected chi connectivity index (χ2v) is 2.45. The zero-order chi connectivity index (χ0) is 9.78. The summed E-state index contributed by atoms with van der Waals surface area (Å²) in [5, 5.41) is 4.96. The average Bonchev–Trinajstić information content (AvgIpc) is 2.13. The third-order valence-electron chi connectivity index (χ3n) is 1.77. The molecule has 0 radical (unpaired) electrons. The van der Waals surface area contributed by atoms with Crippen molar-refractivity contribution in [3.63, 3.8) is 0 Å². The Kier molecular flexibility index (Phi) is 6.53. The van der Waals surface area contributed by atoms with Gasteiger partial charge in [-0.15, -0.1) is 12.4 Å². The molecule has 0 aromatic rings. The molecule has 6 heteroatoms. The summed E-state index contributed by atoms with van der Waals surface area (Å²) in [7, 11) is 4.22. The fourth-order valence-electron chi connectivity index (χ4n) is 0.762. The summed E-state index contributed by atoms with van der Waals surface area (Å²) in [5.74, 6) is -1.03. The van der Waals surface area contributed by atoms with Crippen molar-refractivity contribution in [1.29, 1.82) is 0 Å². The minimum Gasteiger partial charge on any atom is -0.467 e. The lowest BCUT2D eigenvalue weighted by Crippen LogP contribution is -2.58. The van der Waals surface area contributed by atoms with E-state index in [4.69, 9.17) is 0 Å². The summed E-state index contributed by atoms with van der Waals surface area (Å²) < 4.78 is 4.47. The van der Waals surface area contributed by atoms with Gasteiger partial charge >= 0.3 is 5.97 Å². The molecule has 0 spiro atoms. The van der Waals surface area contributed by atoms with E-state index in [2.05, 4.69) is 15.4 Å². The van der Waals surface area contributed by atoms with Gasteiger partial charge < -0.3 is 10.1 Å². The van der Waals surface area contributed by atoms with Gasteiger partial charge in [0.2, 0.25) is 0 Å². The Hall–Kier alpha value is -0.810. The first-order chi connectivity index (χ1) is 5.52. The molecule has 0 fully saturated rings. The maximum absolute atomic E-state index is 11.2. The summed E-state index contributed by atoms with van der Waals surface area (Å²) in [5.41, 5.74) is -1.30. The molecule has 0 aromatic heterocycles. The van der Waals surface area contributed by atoms with E-state index >= 15 is 0 Å². The Bertz CT molecular complexity index is 180. The fraction of sp³-hybridized carbons (Fsp3) is 0.714. The Morgan fingerprint density at radius 1 is 1.31 bits per heavy atom. The SMILES string of the molecule is CNC(=O)[C@@](C)(NC)C(=O)OC.Cl. The lowest BCUT2D eigenvalue weighted by atomic mass is 10.0. The second-order valence-electron chi connectivity index (χ2n) is 2.45. The molecular formula is C7H15ClN2O3. The van der Waals surface area contributed by atoms with Crippen molar-refractivity contribution in [1.82, 2.24) is 10.6 Å². The molecule has 0 rings (SSSR count). The van der Waals surface area contributed by atoms with Crippen molar-refractivity contribution in [2.45, 2.75) is 12.5 Å². The molecule has 1 atom stereocenters. The van der Waals surface area contributed by atoms with Crippen molar-refractivity contribution in [2.75, 3.05) is 21.2 Å². The monoisotopic (exact) mass is 210 g/mol. The molecule has 5 nitrogen and oxygen atoms in total. The Balaban J connectivity index is 0. The molecule has 1 amide bonds. The van der Waals surface area contributed by atoms with Crippen LogP contribution in [0.2, 0.25) is 0 Å². The second kappa shape index (κ2) is 5.77. The van der Waals surface area contributed by atoms with Gasteiger partial charge in [0.1, 0.15) is 0 Å². The molecule has 0 saturated heterocycles. The summed E-state index contributed by atoms with van der Waals surface area (Å²) in [6.45, 7) is 1.46. The minimum atomic E-state index is -1.30. The van der Waals surface area contributed by atoms with Gasteiger partial charge in [0, 0.05) is 7.05 Å². The number of carbonyl (C=O) groups excluding carboxylic acids is 2. The highest BCUT2D eigenvalue weighted by molar-refractivity contribution is 6.06. The predicted octanol–water partition coefficient (Wildman–Crippen LogP) is -0.695. The Labute approximate surface area is 83.6 Å². The summed E-state index contributed by atoms with van der Waals surface area (Å²) in [4.78, 5) is 22.3. The van der Waals surface area contributed by atoms with Crippen LogP contribution < -0.4 is 10.6 Å². The summed E-state index contributed by atoms with van der Waals surface area (Å²) >= 11 is 0. The number of likely N-dealkylation sites (N-methyl/N-ethyl adjacent to an activating group) is 2. The number of esters is 1. The van der Waals surface area contributed by atoms with Crippen LogP contribution in [0, 0.1) is 0 Å². The first kappa shape index (κ1) is 14.7. The third kappa shape index (κ3) is 2.86. The van der Waals surface area contributed by atoms with Gasteiger partial charge in [-0.25, -0.2) is 4.79 Å². The number of amides is 1. The molecule has 13 heavy (non-hydrogen) atoms. The highest BCUT2D eigenvalue weighted by Crippen LogP contribution is 2.04. The lowest BCUT2D eigenvalue weighted by molar-refractivity contribution is -0.152. The molecule has 0 saturated carbocycles. The predicted molar refractivity (Wildman–Crippen MR) is 50.8 cm³/mol.